The summed E-state index contributed by atoms with van der Waals surface area (Å²) in [5.41, 5.74) is 2.71. The third-order valence-corrected chi connectivity index (χ3v) is 3.76. The van der Waals surface area contributed by atoms with E-state index in [9.17, 15) is 10.1 Å². The summed E-state index contributed by atoms with van der Waals surface area (Å²) in [5, 5.41) is 20.0. The molecule has 0 bridgehead atoms. The Labute approximate surface area is 127 Å². The zero-order chi connectivity index (χ0) is 15.2. The van der Waals surface area contributed by atoms with Gasteiger partial charge in [-0.15, -0.1) is 11.3 Å². The molecule has 0 saturated heterocycles. The summed E-state index contributed by atoms with van der Waals surface area (Å²) in [6, 6.07) is 4.77. The fourth-order valence-electron chi connectivity index (χ4n) is 1.81. The van der Waals surface area contributed by atoms with Crippen LogP contribution in [0.15, 0.2) is 23.6 Å². The van der Waals surface area contributed by atoms with Crippen LogP contribution in [0.1, 0.15) is 24.6 Å². The van der Waals surface area contributed by atoms with Crippen LogP contribution >= 0.6 is 11.3 Å². The number of aromatic nitrogens is 1. The monoisotopic (exact) mass is 306 g/mol. The molecule has 0 amide bonds. The van der Waals surface area contributed by atoms with E-state index in [0.717, 1.165) is 35.9 Å². The van der Waals surface area contributed by atoms with Crippen LogP contribution in [0.2, 0.25) is 0 Å². The lowest BCUT2D eigenvalue weighted by molar-refractivity contribution is -0.384. The number of nitrogens with zero attached hydrogens (tertiary/aromatic N) is 2. The van der Waals surface area contributed by atoms with Crippen LogP contribution in [0.25, 0.3) is 0 Å². The second-order valence-corrected chi connectivity index (χ2v) is 5.56. The van der Waals surface area contributed by atoms with Crippen LogP contribution in [0.3, 0.4) is 0 Å². The van der Waals surface area contributed by atoms with Crippen molar-refractivity contribution < 1.29 is 4.92 Å². The Morgan fingerprint density at radius 2 is 2.24 bits per heavy atom. The van der Waals surface area contributed by atoms with E-state index >= 15 is 0 Å². The second-order valence-electron chi connectivity index (χ2n) is 4.70. The number of nitro benzene ring substituents is 1. The molecule has 21 heavy (non-hydrogen) atoms. The number of nitro groups is 1. The summed E-state index contributed by atoms with van der Waals surface area (Å²) in [4.78, 5) is 14.9. The van der Waals surface area contributed by atoms with E-state index in [-0.39, 0.29) is 5.69 Å². The van der Waals surface area contributed by atoms with Crippen LogP contribution in [-0.4, -0.2) is 16.5 Å². The van der Waals surface area contributed by atoms with Crippen molar-refractivity contribution in [3.8, 4) is 0 Å². The molecule has 0 aliphatic rings. The van der Waals surface area contributed by atoms with Crippen molar-refractivity contribution in [1.29, 1.82) is 0 Å². The number of nitrogens with one attached hydrogen (secondary N) is 2. The predicted molar refractivity (Wildman–Crippen MR) is 85.2 cm³/mol. The molecule has 0 spiro atoms. The van der Waals surface area contributed by atoms with Gasteiger partial charge in [0.1, 0.15) is 0 Å². The summed E-state index contributed by atoms with van der Waals surface area (Å²) in [6.07, 6.45) is 1.09. The van der Waals surface area contributed by atoms with E-state index < -0.39 is 4.92 Å². The maximum atomic E-state index is 10.8. The molecule has 0 atom stereocenters. The van der Waals surface area contributed by atoms with Crippen LogP contribution in [0.5, 0.6) is 0 Å². The minimum Gasteiger partial charge on any atom is -0.331 e. The molecule has 112 valence electrons. The van der Waals surface area contributed by atoms with Gasteiger partial charge in [0.25, 0.3) is 5.69 Å². The second kappa shape index (κ2) is 7.14. The number of thiazole rings is 1. The topological polar surface area (TPSA) is 80.1 Å². The standard InChI is InChI=1S/C14H18N4O2S/c1-3-6-15-8-11-9-21-14(16-11)17-13-7-12(18(19)20)5-4-10(13)2/h4-5,7,9,15H,3,6,8H2,1-2H3,(H,16,17). The molecule has 6 nitrogen and oxygen atoms in total. The summed E-state index contributed by atoms with van der Waals surface area (Å²) >= 11 is 1.49. The van der Waals surface area contributed by atoms with Crippen molar-refractivity contribution in [3.63, 3.8) is 0 Å². The normalized spacial score (nSPS) is 10.6. The first kappa shape index (κ1) is 15.4. The Hall–Kier alpha value is -1.99. The lowest BCUT2D eigenvalue weighted by Gasteiger charge is -2.06. The molecule has 0 aliphatic heterocycles. The highest BCUT2D eigenvalue weighted by atomic mass is 32.1. The number of hydrogen-bond donors (Lipinski definition) is 2. The quantitative estimate of drug-likeness (QED) is 0.464. The largest absolute Gasteiger partial charge is 0.331 e. The molecular formula is C14H18N4O2S. The summed E-state index contributed by atoms with van der Waals surface area (Å²) < 4.78 is 0. The molecular weight excluding hydrogens is 288 g/mol. The van der Waals surface area contributed by atoms with Crippen LogP contribution < -0.4 is 10.6 Å². The minimum atomic E-state index is -0.396. The molecule has 2 rings (SSSR count). The van der Waals surface area contributed by atoms with Gasteiger partial charge in [-0.25, -0.2) is 4.98 Å². The highest BCUT2D eigenvalue weighted by Gasteiger charge is 2.10. The van der Waals surface area contributed by atoms with Gasteiger partial charge in [-0.05, 0) is 25.5 Å². The van der Waals surface area contributed by atoms with E-state index in [2.05, 4.69) is 22.5 Å². The SMILES string of the molecule is CCCNCc1csc(Nc2cc([N+](=O)[O-])ccc2C)n1. The zero-order valence-electron chi connectivity index (χ0n) is 12.0. The van der Waals surface area contributed by atoms with E-state index in [1.54, 1.807) is 6.07 Å². The molecule has 0 aliphatic carbocycles. The molecule has 0 radical (unpaired) electrons. The Bertz CT molecular complexity index is 627. The number of non-ortho nitro benzene ring substituents is 1. The van der Waals surface area contributed by atoms with Gasteiger partial charge in [0.15, 0.2) is 5.13 Å². The Balaban J connectivity index is 2.07. The average molecular weight is 306 g/mol. The molecule has 0 unspecified atom stereocenters. The van der Waals surface area contributed by atoms with E-state index in [0.29, 0.717) is 5.69 Å². The van der Waals surface area contributed by atoms with Crippen molar-refractivity contribution in [3.05, 3.63) is 45.0 Å². The summed E-state index contributed by atoms with van der Waals surface area (Å²) in [6.45, 7) is 5.72. The van der Waals surface area contributed by atoms with Crippen molar-refractivity contribution in [1.82, 2.24) is 10.3 Å². The van der Waals surface area contributed by atoms with Gasteiger partial charge in [-0.1, -0.05) is 13.0 Å². The van der Waals surface area contributed by atoms with Crippen LogP contribution in [-0.2, 0) is 6.54 Å². The minimum absolute atomic E-state index is 0.0736. The Kier molecular flexibility index (Phi) is 5.24. The highest BCUT2D eigenvalue weighted by molar-refractivity contribution is 7.13. The number of rotatable bonds is 7. The Morgan fingerprint density at radius 1 is 1.43 bits per heavy atom. The molecule has 7 heteroatoms. The van der Waals surface area contributed by atoms with Gasteiger partial charge in [0.2, 0.25) is 0 Å². The average Bonchev–Trinajstić information content (AvgIpc) is 2.89. The number of benzene rings is 1. The van der Waals surface area contributed by atoms with E-state index in [1.165, 1.54) is 23.5 Å². The maximum absolute atomic E-state index is 10.8. The molecule has 1 aromatic carbocycles. The molecule has 1 heterocycles. The number of anilines is 2. The third-order valence-electron chi connectivity index (χ3n) is 2.96. The number of aryl methyl sites for hydroxylation is 1. The van der Waals surface area contributed by atoms with Gasteiger partial charge in [0, 0.05) is 24.1 Å². The smallest absolute Gasteiger partial charge is 0.271 e. The van der Waals surface area contributed by atoms with E-state index in [1.807, 2.05) is 12.3 Å². The maximum Gasteiger partial charge on any atom is 0.271 e. The highest BCUT2D eigenvalue weighted by Crippen LogP contribution is 2.27. The first-order valence-electron chi connectivity index (χ1n) is 6.77. The van der Waals surface area contributed by atoms with Crippen molar-refractivity contribution in [2.24, 2.45) is 0 Å². The molecule has 0 fully saturated rings. The summed E-state index contributed by atoms with van der Waals surface area (Å²) in [7, 11) is 0. The fourth-order valence-corrected chi connectivity index (χ4v) is 2.53. The first-order chi connectivity index (χ1) is 10.1. The first-order valence-corrected chi connectivity index (χ1v) is 7.65. The fraction of sp³-hybridized carbons (Fsp3) is 0.357. The lowest BCUT2D eigenvalue weighted by Crippen LogP contribution is -2.13. The zero-order valence-corrected chi connectivity index (χ0v) is 12.9. The lowest BCUT2D eigenvalue weighted by atomic mass is 10.2. The van der Waals surface area contributed by atoms with Crippen LogP contribution in [0, 0.1) is 17.0 Å². The summed E-state index contributed by atoms with van der Waals surface area (Å²) in [5.74, 6) is 0. The predicted octanol–water partition coefficient (Wildman–Crippen LogP) is 3.60. The van der Waals surface area contributed by atoms with Gasteiger partial charge in [-0.3, -0.25) is 10.1 Å². The molecule has 1 aromatic heterocycles. The van der Waals surface area contributed by atoms with E-state index in [4.69, 9.17) is 0 Å². The van der Waals surface area contributed by atoms with Crippen molar-refractivity contribution in [2.75, 3.05) is 11.9 Å². The Morgan fingerprint density at radius 3 is 2.95 bits per heavy atom. The molecule has 0 saturated carbocycles. The van der Waals surface area contributed by atoms with Crippen LogP contribution in [0.4, 0.5) is 16.5 Å². The van der Waals surface area contributed by atoms with Crippen molar-refractivity contribution >= 4 is 27.8 Å². The molecule has 2 aromatic rings. The van der Waals surface area contributed by atoms with Crippen molar-refractivity contribution in [2.45, 2.75) is 26.8 Å². The number of hydrogen-bond acceptors (Lipinski definition) is 6. The molecule has 2 N–H and O–H groups in total. The third kappa shape index (κ3) is 4.24. The van der Waals surface area contributed by atoms with Gasteiger partial charge < -0.3 is 10.6 Å². The van der Waals surface area contributed by atoms with Gasteiger partial charge >= 0.3 is 0 Å². The van der Waals surface area contributed by atoms with Gasteiger partial charge in [-0.2, -0.15) is 0 Å². The van der Waals surface area contributed by atoms with Gasteiger partial charge in [0.05, 0.1) is 16.3 Å².